The van der Waals surface area contributed by atoms with Gasteiger partial charge in [-0.15, -0.1) is 12.4 Å². The van der Waals surface area contributed by atoms with Gasteiger partial charge in [-0.2, -0.15) is 0 Å². The van der Waals surface area contributed by atoms with E-state index in [0.717, 1.165) is 37.7 Å². The molecule has 1 heterocycles. The smallest absolute Gasteiger partial charge is 0.127 e. The second-order valence-electron chi connectivity index (χ2n) is 6.38. The van der Waals surface area contributed by atoms with E-state index in [-0.39, 0.29) is 12.4 Å². The van der Waals surface area contributed by atoms with Gasteiger partial charge >= 0.3 is 0 Å². The second kappa shape index (κ2) is 9.09. The molecule has 0 radical (unpaired) electrons. The van der Waals surface area contributed by atoms with Gasteiger partial charge in [0, 0.05) is 37.2 Å². The van der Waals surface area contributed by atoms with Crippen molar-refractivity contribution in [2.24, 2.45) is 11.7 Å². The number of hydrogen-bond donors (Lipinski definition) is 1. The van der Waals surface area contributed by atoms with Crippen molar-refractivity contribution < 1.29 is 9.47 Å². The van der Waals surface area contributed by atoms with Crippen molar-refractivity contribution in [3.05, 3.63) is 59.7 Å². The fraction of sp³-hybridized carbons (Fsp3) is 0.400. The summed E-state index contributed by atoms with van der Waals surface area (Å²) in [5.41, 5.74) is 8.61. The zero-order valence-electron chi connectivity index (χ0n) is 14.9. The third-order valence-corrected chi connectivity index (χ3v) is 4.94. The number of nitrogens with zero attached hydrogens (tertiary/aromatic N) is 1. The minimum Gasteiger partial charge on any atom is -0.497 e. The van der Waals surface area contributed by atoms with E-state index < -0.39 is 0 Å². The number of likely N-dealkylation sites (tertiary alicyclic amines) is 1. The molecule has 0 saturated carbocycles. The molecule has 0 spiro atoms. The number of methoxy groups -OCH3 is 2. The average molecular weight is 363 g/mol. The molecule has 0 unspecified atom stereocenters. The molecule has 25 heavy (non-hydrogen) atoms. The third-order valence-electron chi connectivity index (χ3n) is 4.94. The molecule has 136 valence electrons. The first-order chi connectivity index (χ1) is 11.7. The van der Waals surface area contributed by atoms with Crippen molar-refractivity contribution >= 4 is 12.4 Å². The Hall–Kier alpha value is -1.75. The Labute approximate surface area is 156 Å². The van der Waals surface area contributed by atoms with Gasteiger partial charge in [0.05, 0.1) is 14.2 Å². The number of halogens is 1. The van der Waals surface area contributed by atoms with Crippen LogP contribution in [0.3, 0.4) is 0 Å². The van der Waals surface area contributed by atoms with Gasteiger partial charge in [0.1, 0.15) is 11.5 Å². The Kier molecular flexibility index (Phi) is 7.12. The fourth-order valence-corrected chi connectivity index (χ4v) is 3.63. The van der Waals surface area contributed by atoms with Gasteiger partial charge in [-0.05, 0) is 24.1 Å². The van der Waals surface area contributed by atoms with E-state index in [1.807, 2.05) is 12.1 Å². The quantitative estimate of drug-likeness (QED) is 0.856. The SMILES string of the molecule is COc1ccc(CN2C[C@@H](CN)[C@H](c3ccccc3)C2)c(OC)c1.Cl. The lowest BCUT2D eigenvalue weighted by Crippen LogP contribution is -2.23. The molecule has 0 amide bonds. The van der Waals surface area contributed by atoms with Gasteiger partial charge in [0.2, 0.25) is 0 Å². The lowest BCUT2D eigenvalue weighted by molar-refractivity contribution is 0.307. The Balaban J connectivity index is 0.00000225. The van der Waals surface area contributed by atoms with E-state index in [0.29, 0.717) is 11.8 Å². The summed E-state index contributed by atoms with van der Waals surface area (Å²) in [4.78, 5) is 2.47. The van der Waals surface area contributed by atoms with Crippen LogP contribution in [-0.2, 0) is 6.54 Å². The molecule has 4 nitrogen and oxygen atoms in total. The van der Waals surface area contributed by atoms with Crippen molar-refractivity contribution in [2.45, 2.75) is 12.5 Å². The highest BCUT2D eigenvalue weighted by atomic mass is 35.5. The van der Waals surface area contributed by atoms with Gasteiger partial charge in [0.15, 0.2) is 0 Å². The van der Waals surface area contributed by atoms with Gasteiger partial charge in [-0.25, -0.2) is 0 Å². The van der Waals surface area contributed by atoms with Crippen LogP contribution < -0.4 is 15.2 Å². The lowest BCUT2D eigenvalue weighted by atomic mass is 9.89. The molecule has 2 N–H and O–H groups in total. The van der Waals surface area contributed by atoms with Crippen molar-refractivity contribution in [2.75, 3.05) is 33.9 Å². The standard InChI is InChI=1S/C20H26N2O2.ClH/c1-23-18-9-8-16(20(10-18)24-2)12-22-13-17(11-21)19(14-22)15-6-4-3-5-7-15;/h3-10,17,19H,11-14,21H2,1-2H3;1H/t17-,19+;/m1./s1. The number of nitrogens with two attached hydrogens (primary N) is 1. The summed E-state index contributed by atoms with van der Waals surface area (Å²) >= 11 is 0. The summed E-state index contributed by atoms with van der Waals surface area (Å²) in [5, 5.41) is 0. The molecule has 0 aromatic heterocycles. The summed E-state index contributed by atoms with van der Waals surface area (Å²) in [6.45, 7) is 3.63. The topological polar surface area (TPSA) is 47.7 Å². The Bertz CT molecular complexity index is 666. The molecule has 1 saturated heterocycles. The fourth-order valence-electron chi connectivity index (χ4n) is 3.63. The molecule has 0 aliphatic carbocycles. The van der Waals surface area contributed by atoms with Crippen molar-refractivity contribution in [1.82, 2.24) is 4.90 Å². The monoisotopic (exact) mass is 362 g/mol. The van der Waals surface area contributed by atoms with Crippen molar-refractivity contribution in [3.63, 3.8) is 0 Å². The van der Waals surface area contributed by atoms with E-state index in [4.69, 9.17) is 15.2 Å². The summed E-state index contributed by atoms with van der Waals surface area (Å²) in [7, 11) is 3.38. The van der Waals surface area contributed by atoms with E-state index in [1.165, 1.54) is 11.1 Å². The predicted octanol–water partition coefficient (Wildman–Crippen LogP) is 3.30. The van der Waals surface area contributed by atoms with Gasteiger partial charge in [0.25, 0.3) is 0 Å². The first-order valence-corrected chi connectivity index (χ1v) is 8.43. The van der Waals surface area contributed by atoms with Crippen molar-refractivity contribution in [1.29, 1.82) is 0 Å². The van der Waals surface area contributed by atoms with E-state index in [1.54, 1.807) is 14.2 Å². The van der Waals surface area contributed by atoms with Crippen molar-refractivity contribution in [3.8, 4) is 11.5 Å². The highest BCUT2D eigenvalue weighted by Gasteiger charge is 2.33. The molecule has 1 aliphatic heterocycles. The van der Waals surface area contributed by atoms with Gasteiger partial charge < -0.3 is 15.2 Å². The number of ether oxygens (including phenoxy) is 2. The maximum absolute atomic E-state index is 6.04. The van der Waals surface area contributed by atoms with Crippen LogP contribution in [0.4, 0.5) is 0 Å². The van der Waals surface area contributed by atoms with Gasteiger partial charge in [-0.1, -0.05) is 36.4 Å². The normalized spacial score (nSPS) is 20.1. The average Bonchev–Trinajstić information content (AvgIpc) is 3.05. The first-order valence-electron chi connectivity index (χ1n) is 8.43. The highest BCUT2D eigenvalue weighted by molar-refractivity contribution is 5.85. The Morgan fingerprint density at radius 3 is 2.44 bits per heavy atom. The van der Waals surface area contributed by atoms with Crippen LogP contribution in [0.2, 0.25) is 0 Å². The minimum atomic E-state index is 0. The molecule has 2 aromatic rings. The number of benzene rings is 2. The molecule has 3 rings (SSSR count). The summed E-state index contributed by atoms with van der Waals surface area (Å²) in [5.74, 6) is 2.69. The van der Waals surface area contributed by atoms with Crippen LogP contribution in [-0.4, -0.2) is 38.8 Å². The predicted molar refractivity (Wildman–Crippen MR) is 104 cm³/mol. The Morgan fingerprint density at radius 2 is 1.80 bits per heavy atom. The summed E-state index contributed by atoms with van der Waals surface area (Å²) < 4.78 is 10.8. The van der Waals surface area contributed by atoms with E-state index in [2.05, 4.69) is 41.3 Å². The zero-order valence-corrected chi connectivity index (χ0v) is 15.7. The van der Waals surface area contributed by atoms with Crippen LogP contribution in [0.25, 0.3) is 0 Å². The largest absolute Gasteiger partial charge is 0.497 e. The van der Waals surface area contributed by atoms with Gasteiger partial charge in [-0.3, -0.25) is 4.90 Å². The molecule has 2 atom stereocenters. The molecule has 5 heteroatoms. The van der Waals surface area contributed by atoms with Crippen LogP contribution in [0.1, 0.15) is 17.0 Å². The van der Waals surface area contributed by atoms with E-state index >= 15 is 0 Å². The number of hydrogen-bond acceptors (Lipinski definition) is 4. The van der Waals surface area contributed by atoms with Crippen LogP contribution >= 0.6 is 12.4 Å². The molecule has 2 aromatic carbocycles. The lowest BCUT2D eigenvalue weighted by Gasteiger charge is -2.18. The molecule has 1 aliphatic rings. The number of rotatable bonds is 6. The zero-order chi connectivity index (χ0) is 16.9. The Morgan fingerprint density at radius 1 is 1.04 bits per heavy atom. The third kappa shape index (κ3) is 4.46. The summed E-state index contributed by atoms with van der Waals surface area (Å²) in [6.07, 6.45) is 0. The minimum absolute atomic E-state index is 0. The molecular formula is C20H27ClN2O2. The second-order valence-corrected chi connectivity index (χ2v) is 6.38. The summed E-state index contributed by atoms with van der Waals surface area (Å²) in [6, 6.07) is 16.7. The van der Waals surface area contributed by atoms with Crippen LogP contribution in [0.15, 0.2) is 48.5 Å². The maximum atomic E-state index is 6.04. The first kappa shape index (κ1) is 19.6. The van der Waals surface area contributed by atoms with Crippen LogP contribution in [0.5, 0.6) is 11.5 Å². The molecule has 1 fully saturated rings. The molecule has 0 bridgehead atoms. The maximum Gasteiger partial charge on any atom is 0.127 e. The van der Waals surface area contributed by atoms with Crippen LogP contribution in [0, 0.1) is 5.92 Å². The van der Waals surface area contributed by atoms with E-state index in [9.17, 15) is 0 Å². The highest BCUT2D eigenvalue weighted by Crippen LogP contribution is 2.34. The molecular weight excluding hydrogens is 336 g/mol.